The van der Waals surface area contributed by atoms with Gasteiger partial charge in [0, 0.05) is 24.3 Å². The van der Waals surface area contributed by atoms with Crippen LogP contribution in [0.4, 0.5) is 0 Å². The van der Waals surface area contributed by atoms with E-state index in [1.54, 1.807) is 11.3 Å². The molecule has 0 unspecified atom stereocenters. The van der Waals surface area contributed by atoms with Crippen LogP contribution in [0.5, 0.6) is 0 Å². The van der Waals surface area contributed by atoms with E-state index in [1.165, 1.54) is 11.3 Å². The normalized spacial score (nSPS) is 11.0. The molecule has 0 aliphatic carbocycles. The van der Waals surface area contributed by atoms with Gasteiger partial charge in [0.05, 0.1) is 16.1 Å². The maximum absolute atomic E-state index is 9.35. The van der Waals surface area contributed by atoms with E-state index in [-0.39, 0.29) is 24.0 Å². The van der Waals surface area contributed by atoms with Crippen molar-refractivity contribution in [3.63, 3.8) is 0 Å². The van der Waals surface area contributed by atoms with Crippen LogP contribution >= 0.6 is 46.7 Å². The molecular weight excluding hydrogens is 413 g/mol. The third-order valence-corrected chi connectivity index (χ3v) is 4.67. The molecule has 0 fully saturated rings. The summed E-state index contributed by atoms with van der Waals surface area (Å²) >= 11 is 3.16. The molecule has 0 saturated heterocycles. The van der Waals surface area contributed by atoms with Crippen molar-refractivity contribution >= 4 is 58.3 Å². The molecule has 0 bridgehead atoms. The lowest BCUT2D eigenvalue weighted by Crippen LogP contribution is -1.89. The summed E-state index contributed by atoms with van der Waals surface area (Å²) in [5.41, 5.74) is 2.53. The number of hydrogen-bond acceptors (Lipinski definition) is 4. The smallest absolute Gasteiger partial charge is 0.134 e. The zero-order chi connectivity index (χ0) is 13.9. The van der Waals surface area contributed by atoms with Gasteiger partial charge in [-0.2, -0.15) is 5.26 Å². The third kappa shape index (κ3) is 3.43. The van der Waals surface area contributed by atoms with Gasteiger partial charge in [0.2, 0.25) is 0 Å². The predicted molar refractivity (Wildman–Crippen MR) is 99.7 cm³/mol. The molecule has 0 amide bonds. The molecule has 21 heavy (non-hydrogen) atoms. The fourth-order valence-electron chi connectivity index (χ4n) is 1.85. The molecule has 3 nitrogen and oxygen atoms in total. The van der Waals surface area contributed by atoms with Gasteiger partial charge in [0.15, 0.2) is 0 Å². The highest BCUT2D eigenvalue weighted by Gasteiger charge is 2.10. The van der Waals surface area contributed by atoms with Gasteiger partial charge in [-0.25, -0.2) is 4.98 Å². The van der Waals surface area contributed by atoms with Gasteiger partial charge in [-0.05, 0) is 29.7 Å². The minimum Gasteiger partial charge on any atom is -0.351 e. The lowest BCUT2D eigenvalue weighted by Gasteiger charge is -1.97. The summed E-state index contributed by atoms with van der Waals surface area (Å²) < 4.78 is 1.98. The zero-order valence-corrected chi connectivity index (χ0v) is 15.1. The van der Waals surface area contributed by atoms with E-state index in [2.05, 4.69) is 11.1 Å². The summed E-state index contributed by atoms with van der Waals surface area (Å²) in [5, 5.41) is 14.1. The third-order valence-electron chi connectivity index (χ3n) is 2.90. The number of allylic oxidation sites excluding steroid dienone is 1. The molecule has 3 heterocycles. The van der Waals surface area contributed by atoms with Crippen LogP contribution in [0.1, 0.15) is 10.7 Å². The topological polar surface area (TPSA) is 41.6 Å². The standard InChI is InChI=1S/C15H11N3S2.HI/c1-18-6-2-4-12(18)8-11(9-16)15-17-13(10-20-15)14-5-3-7-19-14;/h2-8,10H,1H3;1H. The van der Waals surface area contributed by atoms with Crippen LogP contribution in [-0.4, -0.2) is 9.55 Å². The monoisotopic (exact) mass is 425 g/mol. The summed E-state index contributed by atoms with van der Waals surface area (Å²) in [6.07, 6.45) is 3.83. The Morgan fingerprint density at radius 2 is 2.19 bits per heavy atom. The van der Waals surface area contributed by atoms with E-state index in [1.807, 2.05) is 58.9 Å². The van der Waals surface area contributed by atoms with E-state index >= 15 is 0 Å². The Morgan fingerprint density at radius 3 is 2.81 bits per heavy atom. The molecule has 0 saturated carbocycles. The maximum atomic E-state index is 9.35. The highest BCUT2D eigenvalue weighted by molar-refractivity contribution is 14.0. The number of thiophene rings is 1. The number of rotatable bonds is 3. The Labute approximate surface area is 148 Å². The largest absolute Gasteiger partial charge is 0.351 e. The van der Waals surface area contributed by atoms with E-state index in [4.69, 9.17) is 0 Å². The van der Waals surface area contributed by atoms with Crippen molar-refractivity contribution in [1.82, 2.24) is 9.55 Å². The fourth-order valence-corrected chi connectivity index (χ4v) is 3.40. The first-order valence-corrected chi connectivity index (χ1v) is 7.77. The second kappa shape index (κ2) is 7.02. The first kappa shape index (κ1) is 15.9. The van der Waals surface area contributed by atoms with Gasteiger partial charge in [0.1, 0.15) is 11.1 Å². The van der Waals surface area contributed by atoms with Gasteiger partial charge in [0.25, 0.3) is 0 Å². The molecule has 0 aliphatic rings. The summed E-state index contributed by atoms with van der Waals surface area (Å²) in [5.74, 6) is 0. The van der Waals surface area contributed by atoms with Crippen LogP contribution in [0.3, 0.4) is 0 Å². The molecule has 3 aromatic rings. The molecule has 0 atom stereocenters. The van der Waals surface area contributed by atoms with Gasteiger partial charge in [-0.1, -0.05) is 6.07 Å². The highest BCUT2D eigenvalue weighted by atomic mass is 127. The Kier molecular flexibility index (Phi) is 5.33. The van der Waals surface area contributed by atoms with Crippen LogP contribution < -0.4 is 0 Å². The Bertz CT molecular complexity index is 791. The number of aromatic nitrogens is 2. The second-order valence-corrected chi connectivity index (χ2v) is 6.03. The van der Waals surface area contributed by atoms with Gasteiger partial charge < -0.3 is 4.57 Å². The van der Waals surface area contributed by atoms with Gasteiger partial charge in [-0.3, -0.25) is 0 Å². The predicted octanol–water partition coefficient (Wildman–Crippen LogP) is 4.89. The van der Waals surface area contributed by atoms with Crippen molar-refractivity contribution in [3.8, 4) is 16.6 Å². The average Bonchev–Trinajstić information content (AvgIpc) is 3.17. The zero-order valence-electron chi connectivity index (χ0n) is 11.2. The van der Waals surface area contributed by atoms with Crippen molar-refractivity contribution in [2.75, 3.05) is 0 Å². The van der Waals surface area contributed by atoms with Crippen molar-refractivity contribution in [2.45, 2.75) is 0 Å². The molecule has 3 rings (SSSR count). The quantitative estimate of drug-likeness (QED) is 0.443. The van der Waals surface area contributed by atoms with Crippen molar-refractivity contribution in [3.05, 3.63) is 51.9 Å². The number of hydrogen-bond donors (Lipinski definition) is 0. The molecule has 0 aromatic carbocycles. The summed E-state index contributed by atoms with van der Waals surface area (Å²) in [7, 11) is 1.96. The Hall–Kier alpha value is -1.43. The van der Waals surface area contributed by atoms with E-state index in [9.17, 15) is 5.26 Å². The fraction of sp³-hybridized carbons (Fsp3) is 0.0667. The second-order valence-electron chi connectivity index (χ2n) is 4.23. The summed E-state index contributed by atoms with van der Waals surface area (Å²) in [4.78, 5) is 5.69. The molecule has 0 spiro atoms. The van der Waals surface area contributed by atoms with Crippen molar-refractivity contribution in [1.29, 1.82) is 5.26 Å². The lowest BCUT2D eigenvalue weighted by molar-refractivity contribution is 0.915. The van der Waals surface area contributed by atoms with E-state index in [0.717, 1.165) is 21.3 Å². The molecular formula is C15H12IN3S2. The van der Waals surface area contributed by atoms with Gasteiger partial charge in [-0.15, -0.1) is 46.7 Å². The van der Waals surface area contributed by atoms with Crippen LogP contribution in [0.25, 0.3) is 22.2 Å². The number of nitriles is 1. The van der Waals surface area contributed by atoms with Crippen LogP contribution in [-0.2, 0) is 7.05 Å². The number of aryl methyl sites for hydroxylation is 1. The molecule has 3 aromatic heterocycles. The average molecular weight is 425 g/mol. The minimum absolute atomic E-state index is 0. The molecule has 106 valence electrons. The number of thiazole rings is 1. The highest BCUT2D eigenvalue weighted by Crippen LogP contribution is 2.29. The SMILES string of the molecule is Cn1cccc1C=C(C#N)c1nc(-c2cccs2)cs1.I. The summed E-state index contributed by atoms with van der Waals surface area (Å²) in [6.45, 7) is 0. The van der Waals surface area contributed by atoms with Crippen LogP contribution in [0.2, 0.25) is 0 Å². The number of halogens is 1. The van der Waals surface area contributed by atoms with Crippen molar-refractivity contribution < 1.29 is 0 Å². The first-order chi connectivity index (χ1) is 9.78. The molecule has 0 radical (unpaired) electrons. The van der Waals surface area contributed by atoms with Crippen molar-refractivity contribution in [2.24, 2.45) is 7.05 Å². The molecule has 6 heteroatoms. The van der Waals surface area contributed by atoms with E-state index in [0.29, 0.717) is 5.57 Å². The van der Waals surface area contributed by atoms with Gasteiger partial charge >= 0.3 is 0 Å². The Morgan fingerprint density at radius 1 is 1.33 bits per heavy atom. The number of nitrogens with zero attached hydrogens (tertiary/aromatic N) is 3. The lowest BCUT2D eigenvalue weighted by atomic mass is 10.2. The first-order valence-electron chi connectivity index (χ1n) is 6.01. The van der Waals surface area contributed by atoms with E-state index < -0.39 is 0 Å². The molecule has 0 aliphatic heterocycles. The van der Waals surface area contributed by atoms with Crippen LogP contribution in [0.15, 0.2) is 41.2 Å². The Balaban J connectivity index is 0.00000161. The summed E-state index contributed by atoms with van der Waals surface area (Å²) in [6, 6.07) is 10.2. The molecule has 0 N–H and O–H groups in total. The maximum Gasteiger partial charge on any atom is 0.134 e. The minimum atomic E-state index is 0. The van der Waals surface area contributed by atoms with Crippen LogP contribution in [0, 0.1) is 11.3 Å².